The van der Waals surface area contributed by atoms with Crippen LogP contribution < -0.4 is 5.46 Å². The van der Waals surface area contributed by atoms with Gasteiger partial charge in [0.15, 0.2) is 5.82 Å². The van der Waals surface area contributed by atoms with Crippen LogP contribution in [0.4, 0.5) is 5.82 Å². The van der Waals surface area contributed by atoms with E-state index in [1.807, 2.05) is 27.7 Å². The molecule has 1 N–H and O–H groups in total. The molecule has 0 unspecified atom stereocenters. The van der Waals surface area contributed by atoms with E-state index in [4.69, 9.17) is 20.9 Å². The average Bonchev–Trinajstić information content (AvgIpc) is 2.70. The first kappa shape index (κ1) is 17.8. The van der Waals surface area contributed by atoms with Crippen molar-refractivity contribution in [3.63, 3.8) is 0 Å². The summed E-state index contributed by atoms with van der Waals surface area (Å²) in [5.74, 6) is 0.486. The average molecular weight is 352 g/mol. The van der Waals surface area contributed by atoms with Crippen molar-refractivity contribution >= 4 is 35.7 Å². The van der Waals surface area contributed by atoms with Crippen molar-refractivity contribution in [3.05, 3.63) is 11.5 Å². The van der Waals surface area contributed by atoms with E-state index in [9.17, 15) is 5.11 Å². The lowest BCUT2D eigenvalue weighted by Gasteiger charge is -2.32. The van der Waals surface area contributed by atoms with Gasteiger partial charge in [0.05, 0.1) is 17.3 Å². The van der Waals surface area contributed by atoms with Gasteiger partial charge in [0.1, 0.15) is 0 Å². The van der Waals surface area contributed by atoms with E-state index < -0.39 is 18.3 Å². The Labute approximate surface area is 147 Å². The number of hydrogen-bond acceptors (Lipinski definition) is 6. The number of aliphatic imine (C=N–C) groups is 1. The van der Waals surface area contributed by atoms with Gasteiger partial charge in [-0.3, -0.25) is 0 Å². The van der Waals surface area contributed by atoms with Crippen LogP contribution in [0.2, 0.25) is 5.28 Å². The Hall–Kier alpha value is -1.02. The van der Waals surface area contributed by atoms with Crippen LogP contribution in [-0.4, -0.2) is 45.2 Å². The molecule has 1 saturated carbocycles. The number of hydrogen-bond donors (Lipinski definition) is 1. The molecule has 1 aromatic heterocycles. The van der Waals surface area contributed by atoms with Crippen LogP contribution in [0.25, 0.3) is 0 Å². The number of aliphatic hydroxyl groups is 1. The van der Waals surface area contributed by atoms with Crippen LogP contribution >= 0.6 is 11.6 Å². The molecule has 6 nitrogen and oxygen atoms in total. The molecule has 3 rings (SSSR count). The summed E-state index contributed by atoms with van der Waals surface area (Å²) in [6, 6.07) is 0. The van der Waals surface area contributed by atoms with E-state index in [1.165, 1.54) is 0 Å². The molecule has 24 heavy (non-hydrogen) atoms. The molecule has 0 amide bonds. The first-order valence-corrected chi connectivity index (χ1v) is 8.68. The Kier molecular flexibility index (Phi) is 4.72. The SMILES string of the molecule is CC1(C)OB(c2cnc(Cl)nc2N=C2CCC(O)CC2)OC1(C)C. The molecule has 1 aromatic rings. The van der Waals surface area contributed by atoms with E-state index in [2.05, 4.69) is 15.0 Å². The maximum absolute atomic E-state index is 9.64. The van der Waals surface area contributed by atoms with Gasteiger partial charge in [-0.25, -0.2) is 9.98 Å². The van der Waals surface area contributed by atoms with Gasteiger partial charge < -0.3 is 14.4 Å². The number of aromatic nitrogens is 2. The van der Waals surface area contributed by atoms with Gasteiger partial charge in [-0.05, 0) is 65.0 Å². The summed E-state index contributed by atoms with van der Waals surface area (Å²) in [5, 5.41) is 9.78. The Bertz CT molecular complexity index is 640. The maximum atomic E-state index is 9.64. The molecular formula is C16H23BClN3O3. The molecule has 1 saturated heterocycles. The molecule has 2 heterocycles. The molecule has 0 radical (unpaired) electrons. The largest absolute Gasteiger partial charge is 0.500 e. The Morgan fingerprint density at radius 1 is 1.21 bits per heavy atom. The predicted molar refractivity (Wildman–Crippen MR) is 94.3 cm³/mol. The van der Waals surface area contributed by atoms with Crippen LogP contribution in [0.1, 0.15) is 53.4 Å². The van der Waals surface area contributed by atoms with E-state index in [0.29, 0.717) is 11.3 Å². The highest BCUT2D eigenvalue weighted by molar-refractivity contribution is 6.63. The van der Waals surface area contributed by atoms with Gasteiger partial charge in [-0.1, -0.05) is 0 Å². The summed E-state index contributed by atoms with van der Waals surface area (Å²) < 4.78 is 12.2. The van der Waals surface area contributed by atoms with Gasteiger partial charge in [0, 0.05) is 17.4 Å². The summed E-state index contributed by atoms with van der Waals surface area (Å²) >= 11 is 5.96. The smallest absolute Gasteiger partial charge is 0.399 e. The number of aliphatic hydroxyl groups excluding tert-OH is 1. The molecule has 2 aliphatic rings. The van der Waals surface area contributed by atoms with Gasteiger partial charge in [0.25, 0.3) is 0 Å². The molecular weight excluding hydrogens is 328 g/mol. The molecule has 0 aromatic carbocycles. The van der Waals surface area contributed by atoms with E-state index in [-0.39, 0.29) is 11.4 Å². The van der Waals surface area contributed by atoms with Crippen LogP contribution in [0, 0.1) is 0 Å². The van der Waals surface area contributed by atoms with Gasteiger partial charge in [-0.2, -0.15) is 4.98 Å². The summed E-state index contributed by atoms with van der Waals surface area (Å²) in [7, 11) is -0.583. The van der Waals surface area contributed by atoms with Gasteiger partial charge in [0.2, 0.25) is 5.28 Å². The third kappa shape index (κ3) is 3.49. The maximum Gasteiger partial charge on any atom is 0.500 e. The Balaban J connectivity index is 1.91. The predicted octanol–water partition coefficient (Wildman–Crippen LogP) is 2.44. The van der Waals surface area contributed by atoms with Crippen LogP contribution in [0.3, 0.4) is 0 Å². The van der Waals surface area contributed by atoms with Crippen LogP contribution in [-0.2, 0) is 9.31 Å². The summed E-state index contributed by atoms with van der Waals surface area (Å²) in [6.07, 6.45) is 4.35. The molecule has 2 fully saturated rings. The highest BCUT2D eigenvalue weighted by Crippen LogP contribution is 2.37. The van der Waals surface area contributed by atoms with Crippen LogP contribution in [0.15, 0.2) is 11.2 Å². The summed E-state index contributed by atoms with van der Waals surface area (Å²) in [6.45, 7) is 7.99. The zero-order valence-electron chi connectivity index (χ0n) is 14.5. The lowest BCUT2D eigenvalue weighted by Crippen LogP contribution is -2.41. The minimum absolute atomic E-state index is 0.144. The summed E-state index contributed by atoms with van der Waals surface area (Å²) in [5.41, 5.74) is 0.789. The van der Waals surface area contributed by atoms with Gasteiger partial charge in [-0.15, -0.1) is 0 Å². The zero-order chi connectivity index (χ0) is 17.5. The van der Waals surface area contributed by atoms with E-state index >= 15 is 0 Å². The second-order valence-electron chi connectivity index (χ2n) is 7.42. The second-order valence-corrected chi connectivity index (χ2v) is 7.75. The fraction of sp³-hybridized carbons (Fsp3) is 0.688. The Morgan fingerprint density at radius 2 is 1.79 bits per heavy atom. The lowest BCUT2D eigenvalue weighted by molar-refractivity contribution is 0.00578. The van der Waals surface area contributed by atoms with Crippen molar-refractivity contribution in [2.75, 3.05) is 0 Å². The van der Waals surface area contributed by atoms with E-state index in [1.54, 1.807) is 6.20 Å². The van der Waals surface area contributed by atoms with E-state index in [0.717, 1.165) is 31.4 Å². The Morgan fingerprint density at radius 3 is 2.38 bits per heavy atom. The molecule has 0 atom stereocenters. The monoisotopic (exact) mass is 351 g/mol. The van der Waals surface area contributed by atoms with Crippen LogP contribution in [0.5, 0.6) is 0 Å². The normalized spacial score (nSPS) is 25.8. The highest BCUT2D eigenvalue weighted by Gasteiger charge is 2.52. The topological polar surface area (TPSA) is 76.8 Å². The number of nitrogens with zero attached hydrogens (tertiary/aromatic N) is 3. The van der Waals surface area contributed by atoms with Crippen molar-refractivity contribution in [1.29, 1.82) is 0 Å². The molecule has 8 heteroatoms. The number of halogens is 1. The van der Waals surface area contributed by atoms with Crippen molar-refractivity contribution in [2.24, 2.45) is 4.99 Å². The fourth-order valence-electron chi connectivity index (χ4n) is 2.78. The van der Waals surface area contributed by atoms with Crippen molar-refractivity contribution < 1.29 is 14.4 Å². The molecule has 130 valence electrons. The molecule has 1 aliphatic carbocycles. The third-order valence-corrected chi connectivity index (χ3v) is 5.25. The second kappa shape index (κ2) is 6.37. The molecule has 0 spiro atoms. The third-order valence-electron chi connectivity index (χ3n) is 5.07. The van der Waals surface area contributed by atoms with Crippen molar-refractivity contribution in [1.82, 2.24) is 9.97 Å². The summed E-state index contributed by atoms with van der Waals surface area (Å²) in [4.78, 5) is 13.0. The van der Waals surface area contributed by atoms with Crippen molar-refractivity contribution in [3.8, 4) is 0 Å². The number of rotatable bonds is 2. The standard InChI is InChI=1S/C16H23BClN3O3/c1-15(2)16(3,4)24-17(23-15)12-9-19-14(18)21-13(12)20-10-5-7-11(22)8-6-10/h9,11,22H,5-8H2,1-4H3. The van der Waals surface area contributed by atoms with Gasteiger partial charge >= 0.3 is 7.12 Å². The quantitative estimate of drug-likeness (QED) is 0.654. The molecule has 0 bridgehead atoms. The highest BCUT2D eigenvalue weighted by atomic mass is 35.5. The lowest BCUT2D eigenvalue weighted by atomic mass is 9.80. The minimum Gasteiger partial charge on any atom is -0.399 e. The van der Waals surface area contributed by atoms with Crippen molar-refractivity contribution in [2.45, 2.75) is 70.7 Å². The fourth-order valence-corrected chi connectivity index (χ4v) is 2.91. The first-order chi connectivity index (χ1) is 11.2. The molecule has 1 aliphatic heterocycles. The zero-order valence-corrected chi connectivity index (χ0v) is 15.3. The first-order valence-electron chi connectivity index (χ1n) is 8.30. The minimum atomic E-state index is -0.583.